The molecule has 3 aromatic carbocycles. The fourth-order valence-corrected chi connectivity index (χ4v) is 3.90. The smallest absolute Gasteiger partial charge is 0.337 e. The number of rotatable bonds is 4. The molecule has 6 heteroatoms. The average Bonchev–Trinajstić information content (AvgIpc) is 2.80. The van der Waals surface area contributed by atoms with Crippen LogP contribution in [0.4, 0.5) is 0 Å². The summed E-state index contributed by atoms with van der Waals surface area (Å²) >= 11 is 6.21. The zero-order valence-electron chi connectivity index (χ0n) is 17.3. The largest absolute Gasteiger partial charge is 0.508 e. The molecule has 2 atom stereocenters. The number of carbonyl (C=O) groups is 1. The van der Waals surface area contributed by atoms with Gasteiger partial charge in [-0.2, -0.15) is 0 Å². The molecule has 0 aliphatic carbocycles. The van der Waals surface area contributed by atoms with Gasteiger partial charge < -0.3 is 9.84 Å². The number of nitrogens with zero attached hydrogens (tertiary/aromatic N) is 1. The zero-order chi connectivity index (χ0) is 22.0. The number of methoxy groups -OCH3 is 1. The van der Waals surface area contributed by atoms with Gasteiger partial charge in [-0.15, -0.1) is 0 Å². The monoisotopic (exact) mass is 434 g/mol. The van der Waals surface area contributed by atoms with E-state index in [2.05, 4.69) is 29.6 Å². The fraction of sp³-hybridized carbons (Fsp3) is 0.200. The molecule has 31 heavy (non-hydrogen) atoms. The number of benzene rings is 3. The van der Waals surface area contributed by atoms with Crippen molar-refractivity contribution in [1.82, 2.24) is 5.32 Å². The zero-order valence-corrected chi connectivity index (χ0v) is 18.1. The van der Waals surface area contributed by atoms with E-state index in [0.29, 0.717) is 17.0 Å². The molecule has 0 bridgehead atoms. The van der Waals surface area contributed by atoms with E-state index < -0.39 is 0 Å². The number of ether oxygens (including phenoxy) is 1. The molecule has 0 amide bonds. The van der Waals surface area contributed by atoms with Gasteiger partial charge in [-0.25, -0.2) is 4.79 Å². The molecule has 3 aromatic rings. The van der Waals surface area contributed by atoms with Crippen molar-refractivity contribution >= 4 is 23.3 Å². The van der Waals surface area contributed by atoms with Crippen LogP contribution in [0.25, 0.3) is 0 Å². The first-order valence-corrected chi connectivity index (χ1v) is 10.4. The number of hydrogen-bond donors (Lipinski definition) is 2. The Bertz CT molecular complexity index is 1120. The van der Waals surface area contributed by atoms with Crippen molar-refractivity contribution in [2.24, 2.45) is 4.99 Å². The highest BCUT2D eigenvalue weighted by Crippen LogP contribution is 2.35. The Kier molecular flexibility index (Phi) is 6.07. The molecule has 0 fully saturated rings. The summed E-state index contributed by atoms with van der Waals surface area (Å²) in [6.45, 7) is 2.05. The highest BCUT2D eigenvalue weighted by Gasteiger charge is 2.28. The van der Waals surface area contributed by atoms with Gasteiger partial charge in [0.15, 0.2) is 0 Å². The van der Waals surface area contributed by atoms with Crippen LogP contribution in [0.2, 0.25) is 5.02 Å². The number of phenols is 1. The number of nitrogens with one attached hydrogen (secondary N) is 1. The maximum Gasteiger partial charge on any atom is 0.337 e. The summed E-state index contributed by atoms with van der Waals surface area (Å²) in [5.74, 6) is -0.194. The lowest BCUT2D eigenvalue weighted by atomic mass is 9.93. The van der Waals surface area contributed by atoms with Crippen molar-refractivity contribution < 1.29 is 14.6 Å². The lowest BCUT2D eigenvalue weighted by Gasteiger charge is -2.31. The van der Waals surface area contributed by atoms with E-state index in [1.165, 1.54) is 12.7 Å². The highest BCUT2D eigenvalue weighted by molar-refractivity contribution is 6.30. The molecule has 0 aromatic heterocycles. The van der Waals surface area contributed by atoms with Crippen LogP contribution in [0.5, 0.6) is 5.75 Å². The number of carbonyl (C=O) groups excluding carboxylic acids is 1. The van der Waals surface area contributed by atoms with E-state index >= 15 is 0 Å². The third kappa shape index (κ3) is 4.63. The van der Waals surface area contributed by atoms with Crippen LogP contribution in [0.3, 0.4) is 0 Å². The maximum atomic E-state index is 11.8. The number of esters is 1. The van der Waals surface area contributed by atoms with Crippen molar-refractivity contribution in [3.05, 3.63) is 99.6 Å². The van der Waals surface area contributed by atoms with Crippen LogP contribution < -0.4 is 5.32 Å². The van der Waals surface area contributed by atoms with Gasteiger partial charge in [-0.1, -0.05) is 53.6 Å². The number of aliphatic imine (C=N–C) groups is 1. The van der Waals surface area contributed by atoms with Crippen molar-refractivity contribution in [3.63, 3.8) is 0 Å². The predicted octanol–water partition coefficient (Wildman–Crippen LogP) is 5.36. The van der Waals surface area contributed by atoms with Gasteiger partial charge in [-0.05, 0) is 48.4 Å². The summed E-state index contributed by atoms with van der Waals surface area (Å²) < 4.78 is 4.78. The van der Waals surface area contributed by atoms with Crippen LogP contribution in [-0.2, 0) is 4.74 Å². The van der Waals surface area contributed by atoms with Gasteiger partial charge in [-0.3, -0.25) is 10.3 Å². The van der Waals surface area contributed by atoms with Crippen LogP contribution in [0.15, 0.2) is 71.7 Å². The standard InChI is InChI=1S/C25H23ClN2O3/c1-15-3-5-16(6-4-15)21-14-22(20-13-19(26)11-12-23(20)29)28-24(27-21)17-7-9-18(10-8-17)25(30)31-2/h3-13,22,24,28-29H,14H2,1-2H3/t22-,24+/m0/s1. The number of aryl methyl sites for hydroxylation is 1. The summed E-state index contributed by atoms with van der Waals surface area (Å²) in [4.78, 5) is 16.7. The van der Waals surface area contributed by atoms with Crippen LogP contribution in [0, 0.1) is 6.92 Å². The third-order valence-electron chi connectivity index (χ3n) is 5.44. The minimum atomic E-state index is -0.381. The maximum absolute atomic E-state index is 11.8. The lowest BCUT2D eigenvalue weighted by molar-refractivity contribution is 0.0600. The Morgan fingerprint density at radius 3 is 2.48 bits per heavy atom. The molecular formula is C25H23ClN2O3. The summed E-state index contributed by atoms with van der Waals surface area (Å²) in [6, 6.07) is 20.3. The van der Waals surface area contributed by atoms with E-state index in [0.717, 1.165) is 22.4 Å². The topological polar surface area (TPSA) is 70.9 Å². The van der Waals surface area contributed by atoms with Crippen LogP contribution in [-0.4, -0.2) is 23.9 Å². The molecule has 4 rings (SSSR count). The second kappa shape index (κ2) is 8.92. The van der Waals surface area contributed by atoms with Gasteiger partial charge in [0, 0.05) is 28.8 Å². The number of halogens is 1. The normalized spacial score (nSPS) is 18.4. The van der Waals surface area contributed by atoms with Gasteiger partial charge in [0.1, 0.15) is 11.9 Å². The lowest BCUT2D eigenvalue weighted by Crippen LogP contribution is -2.33. The molecule has 1 heterocycles. The van der Waals surface area contributed by atoms with E-state index in [9.17, 15) is 9.90 Å². The van der Waals surface area contributed by atoms with Crippen LogP contribution >= 0.6 is 11.6 Å². The third-order valence-corrected chi connectivity index (χ3v) is 5.67. The first-order chi connectivity index (χ1) is 14.9. The van der Waals surface area contributed by atoms with Gasteiger partial charge in [0.2, 0.25) is 0 Å². The van der Waals surface area contributed by atoms with E-state index in [4.69, 9.17) is 21.3 Å². The summed E-state index contributed by atoms with van der Waals surface area (Å²) in [5, 5.41) is 14.5. The second-order valence-corrected chi connectivity index (χ2v) is 8.02. The molecule has 1 aliphatic heterocycles. The molecule has 0 saturated carbocycles. The van der Waals surface area contributed by atoms with Crippen LogP contribution in [0.1, 0.15) is 51.2 Å². The molecule has 158 valence electrons. The molecule has 1 aliphatic rings. The van der Waals surface area contributed by atoms with Crippen molar-refractivity contribution in [1.29, 1.82) is 0 Å². The molecule has 0 radical (unpaired) electrons. The van der Waals surface area contributed by atoms with Crippen molar-refractivity contribution in [3.8, 4) is 5.75 Å². The van der Waals surface area contributed by atoms with E-state index in [-0.39, 0.29) is 23.9 Å². The van der Waals surface area contributed by atoms with Crippen molar-refractivity contribution in [2.75, 3.05) is 7.11 Å². The van der Waals surface area contributed by atoms with Crippen molar-refractivity contribution in [2.45, 2.75) is 25.6 Å². The van der Waals surface area contributed by atoms with E-state index in [1.807, 2.05) is 19.1 Å². The summed E-state index contributed by atoms with van der Waals surface area (Å²) in [6.07, 6.45) is 0.258. The SMILES string of the molecule is COC(=O)c1ccc([C@@H]2N=C(c3ccc(C)cc3)C[C@@H](c3cc(Cl)ccc3O)N2)cc1. The molecule has 0 saturated heterocycles. The minimum absolute atomic E-state index is 0.183. The fourth-order valence-electron chi connectivity index (χ4n) is 3.72. The quantitative estimate of drug-likeness (QED) is 0.542. The Labute approximate surface area is 186 Å². The molecular weight excluding hydrogens is 412 g/mol. The highest BCUT2D eigenvalue weighted by atomic mass is 35.5. The first kappa shape index (κ1) is 21.1. The number of phenolic OH excluding ortho intramolecular Hbond substituents is 1. The molecule has 2 N–H and O–H groups in total. The Balaban J connectivity index is 1.73. The van der Waals surface area contributed by atoms with Gasteiger partial charge in [0.05, 0.1) is 12.7 Å². The summed E-state index contributed by atoms with van der Waals surface area (Å²) in [5.41, 5.74) is 5.26. The van der Waals surface area contributed by atoms with E-state index in [1.54, 1.807) is 30.3 Å². The first-order valence-electron chi connectivity index (χ1n) is 10.0. The molecule has 5 nitrogen and oxygen atoms in total. The molecule has 0 spiro atoms. The number of aromatic hydroxyl groups is 1. The predicted molar refractivity (Wildman–Crippen MR) is 122 cm³/mol. The number of hydrogen-bond acceptors (Lipinski definition) is 5. The van der Waals surface area contributed by atoms with Gasteiger partial charge in [0.25, 0.3) is 0 Å². The minimum Gasteiger partial charge on any atom is -0.508 e. The average molecular weight is 435 g/mol. The Morgan fingerprint density at radius 2 is 1.81 bits per heavy atom. The Hall–Kier alpha value is -3.15. The molecule has 0 unspecified atom stereocenters. The Morgan fingerprint density at radius 1 is 1.10 bits per heavy atom. The second-order valence-electron chi connectivity index (χ2n) is 7.58. The van der Waals surface area contributed by atoms with Gasteiger partial charge >= 0.3 is 5.97 Å². The summed E-state index contributed by atoms with van der Waals surface area (Å²) in [7, 11) is 1.36.